The van der Waals surface area contributed by atoms with Gasteiger partial charge in [-0.3, -0.25) is 4.39 Å². The normalized spacial score (nSPS) is 7.77. The zero-order valence-corrected chi connectivity index (χ0v) is 7.63. The van der Waals surface area contributed by atoms with Crippen LogP contribution in [0.25, 0.3) is 0 Å². The number of allylic oxidation sites excluding steroid dienone is 1. The predicted molar refractivity (Wildman–Crippen MR) is 52.1 cm³/mol. The van der Waals surface area contributed by atoms with E-state index in [1.165, 1.54) is 5.56 Å². The predicted octanol–water partition coefficient (Wildman–Crippen LogP) is 2.87. The Kier molecular flexibility index (Phi) is 6.17. The van der Waals surface area contributed by atoms with Crippen molar-refractivity contribution in [2.75, 3.05) is 7.18 Å². The fraction of sp³-hybridized carbons (Fsp3) is 0.182. The Morgan fingerprint density at radius 1 is 1.38 bits per heavy atom. The first-order valence-electron chi connectivity index (χ1n) is 3.84. The SMILES string of the molecule is C=CCc1ccc(C#N)cc1.CF. The molecule has 0 aliphatic carbocycles. The van der Waals surface area contributed by atoms with Gasteiger partial charge in [-0.05, 0) is 24.1 Å². The summed E-state index contributed by atoms with van der Waals surface area (Å²) in [4.78, 5) is 0. The fourth-order valence-corrected chi connectivity index (χ4v) is 0.882. The van der Waals surface area contributed by atoms with E-state index >= 15 is 0 Å². The Bertz CT molecular complexity index is 282. The van der Waals surface area contributed by atoms with Crippen molar-refractivity contribution in [1.82, 2.24) is 0 Å². The van der Waals surface area contributed by atoms with Crippen molar-refractivity contribution < 1.29 is 4.39 Å². The number of alkyl halides is 1. The van der Waals surface area contributed by atoms with Crippen LogP contribution >= 0.6 is 0 Å². The van der Waals surface area contributed by atoms with Gasteiger partial charge in [0.2, 0.25) is 0 Å². The number of rotatable bonds is 2. The average Bonchev–Trinajstić information content (AvgIpc) is 2.23. The van der Waals surface area contributed by atoms with Gasteiger partial charge in [0.15, 0.2) is 0 Å². The van der Waals surface area contributed by atoms with Crippen molar-refractivity contribution >= 4 is 0 Å². The quantitative estimate of drug-likeness (QED) is 0.637. The Balaban J connectivity index is 0.000000671. The van der Waals surface area contributed by atoms with Crippen molar-refractivity contribution in [3.8, 4) is 6.07 Å². The minimum absolute atomic E-state index is 0.500. The molecule has 0 aliphatic rings. The van der Waals surface area contributed by atoms with Gasteiger partial charge in [-0.1, -0.05) is 18.2 Å². The van der Waals surface area contributed by atoms with Crippen LogP contribution in [0.2, 0.25) is 0 Å². The van der Waals surface area contributed by atoms with Gasteiger partial charge < -0.3 is 0 Å². The van der Waals surface area contributed by atoms with E-state index in [-0.39, 0.29) is 0 Å². The molecule has 0 spiro atoms. The highest BCUT2D eigenvalue weighted by molar-refractivity contribution is 5.32. The molecular weight excluding hydrogens is 165 g/mol. The summed E-state index contributed by atoms with van der Waals surface area (Å²) in [5.74, 6) is 0. The summed E-state index contributed by atoms with van der Waals surface area (Å²) in [7, 11) is 0.500. The smallest absolute Gasteiger partial charge is 0.0991 e. The van der Waals surface area contributed by atoms with E-state index in [1.54, 1.807) is 0 Å². The number of halogens is 1. The molecule has 0 saturated carbocycles. The molecule has 68 valence electrons. The maximum Gasteiger partial charge on any atom is 0.0991 e. The fourth-order valence-electron chi connectivity index (χ4n) is 0.882. The first-order valence-corrected chi connectivity index (χ1v) is 3.84. The van der Waals surface area contributed by atoms with Crippen molar-refractivity contribution in [2.24, 2.45) is 0 Å². The lowest BCUT2D eigenvalue weighted by Crippen LogP contribution is -1.80. The lowest BCUT2D eigenvalue weighted by molar-refractivity contribution is 0.636. The standard InChI is InChI=1S/C10H9N.CH3F/c1-2-3-9-4-6-10(8-11)7-5-9;1-2/h2,4-7H,1,3H2;1H3. The van der Waals surface area contributed by atoms with Crippen molar-refractivity contribution in [3.05, 3.63) is 48.0 Å². The van der Waals surface area contributed by atoms with Gasteiger partial charge in [-0.2, -0.15) is 5.26 Å². The Labute approximate surface area is 78.1 Å². The summed E-state index contributed by atoms with van der Waals surface area (Å²) in [5.41, 5.74) is 1.90. The largest absolute Gasteiger partial charge is 0.255 e. The molecule has 0 heterocycles. The van der Waals surface area contributed by atoms with Gasteiger partial charge in [0.05, 0.1) is 18.8 Å². The highest BCUT2D eigenvalue weighted by Gasteiger charge is 1.89. The van der Waals surface area contributed by atoms with E-state index in [0.717, 1.165) is 6.42 Å². The van der Waals surface area contributed by atoms with E-state index in [1.807, 2.05) is 30.3 Å². The zero-order valence-electron chi connectivity index (χ0n) is 7.63. The molecule has 0 N–H and O–H groups in total. The first kappa shape index (κ1) is 11.4. The first-order chi connectivity index (χ1) is 6.36. The molecule has 1 aromatic rings. The third-order valence-corrected chi connectivity index (χ3v) is 1.46. The van der Waals surface area contributed by atoms with Crippen molar-refractivity contribution in [3.63, 3.8) is 0 Å². The van der Waals surface area contributed by atoms with Crippen LogP contribution in [0.4, 0.5) is 4.39 Å². The summed E-state index contributed by atoms with van der Waals surface area (Å²) in [6.45, 7) is 3.63. The lowest BCUT2D eigenvalue weighted by Gasteiger charge is -1.94. The summed E-state index contributed by atoms with van der Waals surface area (Å²) in [6, 6.07) is 9.60. The molecule has 0 aliphatic heterocycles. The summed E-state index contributed by atoms with van der Waals surface area (Å²) in [6.07, 6.45) is 2.72. The van der Waals surface area contributed by atoms with Gasteiger partial charge in [0, 0.05) is 0 Å². The lowest BCUT2D eigenvalue weighted by atomic mass is 10.1. The monoisotopic (exact) mass is 177 g/mol. The maximum absolute atomic E-state index is 9.50. The van der Waals surface area contributed by atoms with Crippen LogP contribution in [0.15, 0.2) is 36.9 Å². The van der Waals surface area contributed by atoms with Crippen molar-refractivity contribution in [2.45, 2.75) is 6.42 Å². The molecule has 0 atom stereocenters. The number of hydrogen-bond acceptors (Lipinski definition) is 1. The molecule has 0 fully saturated rings. The molecule has 1 aromatic carbocycles. The van der Waals surface area contributed by atoms with E-state index in [2.05, 4.69) is 12.6 Å². The van der Waals surface area contributed by atoms with Crippen LogP contribution in [0.1, 0.15) is 11.1 Å². The molecular formula is C11H12FN. The van der Waals surface area contributed by atoms with Crippen LogP contribution in [0, 0.1) is 11.3 Å². The molecule has 2 heteroatoms. The number of nitrogens with zero attached hydrogens (tertiary/aromatic N) is 1. The minimum Gasteiger partial charge on any atom is -0.255 e. The van der Waals surface area contributed by atoms with E-state index in [0.29, 0.717) is 12.7 Å². The molecule has 0 amide bonds. The number of benzene rings is 1. The third kappa shape index (κ3) is 4.07. The Morgan fingerprint density at radius 2 is 1.92 bits per heavy atom. The summed E-state index contributed by atoms with van der Waals surface area (Å²) < 4.78 is 9.50. The number of hydrogen-bond donors (Lipinski definition) is 0. The molecule has 1 rings (SSSR count). The van der Waals surface area contributed by atoms with Crippen LogP contribution in [-0.2, 0) is 6.42 Å². The van der Waals surface area contributed by atoms with E-state index < -0.39 is 0 Å². The summed E-state index contributed by atoms with van der Waals surface area (Å²) in [5, 5.41) is 8.49. The van der Waals surface area contributed by atoms with Crippen LogP contribution in [-0.4, -0.2) is 7.18 Å². The third-order valence-electron chi connectivity index (χ3n) is 1.46. The Hall–Kier alpha value is -1.62. The molecule has 0 aromatic heterocycles. The van der Waals surface area contributed by atoms with E-state index in [4.69, 9.17) is 5.26 Å². The molecule has 13 heavy (non-hydrogen) atoms. The van der Waals surface area contributed by atoms with Crippen molar-refractivity contribution in [1.29, 1.82) is 5.26 Å². The average molecular weight is 177 g/mol. The number of nitriles is 1. The van der Waals surface area contributed by atoms with Crippen LogP contribution in [0.3, 0.4) is 0 Å². The molecule has 1 nitrogen and oxygen atoms in total. The maximum atomic E-state index is 9.50. The second-order valence-electron chi connectivity index (χ2n) is 2.30. The second kappa shape index (κ2) is 7.05. The molecule has 0 saturated heterocycles. The molecule has 0 radical (unpaired) electrons. The summed E-state index contributed by atoms with van der Waals surface area (Å²) >= 11 is 0. The van der Waals surface area contributed by atoms with Crippen LogP contribution in [0.5, 0.6) is 0 Å². The Morgan fingerprint density at radius 3 is 2.31 bits per heavy atom. The topological polar surface area (TPSA) is 23.8 Å². The minimum atomic E-state index is 0.500. The van der Waals surface area contributed by atoms with Gasteiger partial charge in [-0.25, -0.2) is 0 Å². The van der Waals surface area contributed by atoms with Gasteiger partial charge in [0.25, 0.3) is 0 Å². The second-order valence-corrected chi connectivity index (χ2v) is 2.30. The van der Waals surface area contributed by atoms with Gasteiger partial charge in [-0.15, -0.1) is 6.58 Å². The highest BCUT2D eigenvalue weighted by atomic mass is 19.1. The van der Waals surface area contributed by atoms with Gasteiger partial charge in [0.1, 0.15) is 0 Å². The van der Waals surface area contributed by atoms with E-state index in [9.17, 15) is 4.39 Å². The zero-order chi connectivity index (χ0) is 10.1. The van der Waals surface area contributed by atoms with Crippen LogP contribution < -0.4 is 0 Å². The van der Waals surface area contributed by atoms with Gasteiger partial charge >= 0.3 is 0 Å². The highest BCUT2D eigenvalue weighted by Crippen LogP contribution is 2.03. The molecule has 0 unspecified atom stereocenters. The molecule has 0 bridgehead atoms.